The van der Waals surface area contributed by atoms with Crippen LogP contribution >= 0.6 is 23.2 Å². The molecule has 1 fully saturated rings. The number of furan rings is 1. The maximum absolute atomic E-state index is 12.6. The fraction of sp³-hybridized carbons (Fsp3) is 0.500. The molecule has 2 aromatic rings. The van der Waals surface area contributed by atoms with Gasteiger partial charge in [0, 0.05) is 24.0 Å². The molecule has 1 aliphatic rings. The molecule has 1 unspecified atom stereocenters. The van der Waals surface area contributed by atoms with Gasteiger partial charge in [-0.25, -0.2) is 4.79 Å². The summed E-state index contributed by atoms with van der Waals surface area (Å²) in [5.74, 6) is 2.08. The molecule has 1 amide bonds. The lowest BCUT2D eigenvalue weighted by molar-refractivity contribution is 0.00939. The van der Waals surface area contributed by atoms with Crippen molar-refractivity contribution in [2.75, 3.05) is 6.54 Å². The van der Waals surface area contributed by atoms with E-state index < -0.39 is 5.60 Å². The van der Waals surface area contributed by atoms with Crippen molar-refractivity contribution in [3.05, 3.63) is 51.9 Å². The summed E-state index contributed by atoms with van der Waals surface area (Å²) in [5.41, 5.74) is -0.503. The van der Waals surface area contributed by atoms with Crippen LogP contribution in [-0.4, -0.2) is 29.2 Å². The number of hydrogen-bond donors (Lipinski definition) is 0. The number of hydrogen-bond acceptors (Lipinski definition) is 4. The Morgan fingerprint density at radius 2 is 1.93 bits per heavy atom. The van der Waals surface area contributed by atoms with Gasteiger partial charge in [-0.1, -0.05) is 23.2 Å². The Hall–Kier alpha value is -1.85. The zero-order valence-electron chi connectivity index (χ0n) is 17.0. The summed E-state index contributed by atoms with van der Waals surface area (Å²) >= 11 is 12.0. The van der Waals surface area contributed by atoms with Crippen molar-refractivity contribution in [3.63, 3.8) is 0 Å². The highest BCUT2D eigenvalue weighted by Crippen LogP contribution is 2.29. The van der Waals surface area contributed by atoms with Crippen molar-refractivity contribution in [3.8, 4) is 5.75 Å². The topological polar surface area (TPSA) is 51.9 Å². The molecule has 1 saturated heterocycles. The second-order valence-electron chi connectivity index (χ2n) is 8.26. The molecule has 0 bridgehead atoms. The van der Waals surface area contributed by atoms with Crippen LogP contribution in [0.1, 0.15) is 51.6 Å². The van der Waals surface area contributed by atoms with Crippen LogP contribution in [0.25, 0.3) is 0 Å². The van der Waals surface area contributed by atoms with Gasteiger partial charge in [-0.2, -0.15) is 0 Å². The number of likely N-dealkylation sites (tertiary alicyclic amines) is 1. The molecular formula is C22H27Cl2NO4. The number of carbonyl (C=O) groups is 1. The third-order valence-corrected chi connectivity index (χ3v) is 5.20. The summed E-state index contributed by atoms with van der Waals surface area (Å²) in [6.07, 6.45) is 3.42. The molecule has 2 heterocycles. The molecule has 29 heavy (non-hydrogen) atoms. The number of amides is 1. The molecule has 1 aromatic heterocycles. The van der Waals surface area contributed by atoms with Gasteiger partial charge in [-0.05, 0) is 70.4 Å². The van der Waals surface area contributed by atoms with Gasteiger partial charge >= 0.3 is 6.09 Å². The minimum atomic E-state index is -0.503. The van der Waals surface area contributed by atoms with Crippen LogP contribution in [0.15, 0.2) is 34.7 Å². The van der Waals surface area contributed by atoms with Crippen molar-refractivity contribution in [2.45, 2.75) is 64.7 Å². The quantitative estimate of drug-likeness (QED) is 0.533. The van der Waals surface area contributed by atoms with E-state index >= 15 is 0 Å². The van der Waals surface area contributed by atoms with Crippen molar-refractivity contribution in [2.24, 2.45) is 0 Å². The predicted octanol–water partition coefficient (Wildman–Crippen LogP) is 6.50. The van der Waals surface area contributed by atoms with Crippen molar-refractivity contribution >= 4 is 29.3 Å². The van der Waals surface area contributed by atoms with E-state index in [2.05, 4.69) is 0 Å². The van der Waals surface area contributed by atoms with Crippen LogP contribution in [0.2, 0.25) is 10.0 Å². The second kappa shape index (κ2) is 9.31. The van der Waals surface area contributed by atoms with Crippen LogP contribution in [0.4, 0.5) is 4.79 Å². The number of ether oxygens (including phenoxy) is 2. The van der Waals surface area contributed by atoms with Crippen LogP contribution in [0.3, 0.4) is 0 Å². The van der Waals surface area contributed by atoms with E-state index in [-0.39, 0.29) is 18.7 Å². The summed E-state index contributed by atoms with van der Waals surface area (Å²) in [6, 6.07) is 8.99. The minimum Gasteiger partial charge on any atom is -0.484 e. The summed E-state index contributed by atoms with van der Waals surface area (Å²) in [5, 5.41) is 1.02. The van der Waals surface area contributed by atoms with Gasteiger partial charge in [0.1, 0.15) is 29.5 Å². The summed E-state index contributed by atoms with van der Waals surface area (Å²) in [6.45, 7) is 6.63. The Morgan fingerprint density at radius 3 is 2.66 bits per heavy atom. The van der Waals surface area contributed by atoms with Gasteiger partial charge in [0.15, 0.2) is 0 Å². The number of benzene rings is 1. The molecule has 7 heteroatoms. The van der Waals surface area contributed by atoms with Crippen molar-refractivity contribution in [1.29, 1.82) is 0 Å². The van der Waals surface area contributed by atoms with E-state index in [1.165, 1.54) is 0 Å². The van der Waals surface area contributed by atoms with E-state index in [9.17, 15) is 4.79 Å². The molecule has 0 spiro atoms. The number of rotatable bonds is 5. The first-order valence-corrected chi connectivity index (χ1v) is 10.6. The first kappa shape index (κ1) is 21.8. The first-order chi connectivity index (χ1) is 13.7. The van der Waals surface area contributed by atoms with Crippen LogP contribution in [-0.2, 0) is 17.8 Å². The maximum atomic E-state index is 12.6. The zero-order chi connectivity index (χ0) is 21.0. The highest BCUT2D eigenvalue weighted by Gasteiger charge is 2.31. The van der Waals surface area contributed by atoms with Gasteiger partial charge in [-0.3, -0.25) is 0 Å². The molecule has 0 radical (unpaired) electrons. The Labute approximate surface area is 181 Å². The molecule has 0 saturated carbocycles. The minimum absolute atomic E-state index is 0.0734. The SMILES string of the molecule is CC(C)(C)OC(=O)N1CCCCC1Cc1ccc(COc2ccc(Cl)cc2Cl)o1. The van der Waals surface area contributed by atoms with Gasteiger partial charge in [0.05, 0.1) is 5.02 Å². The van der Waals surface area contributed by atoms with Crippen LogP contribution in [0, 0.1) is 0 Å². The highest BCUT2D eigenvalue weighted by molar-refractivity contribution is 6.35. The van der Waals surface area contributed by atoms with E-state index in [1.54, 1.807) is 18.2 Å². The van der Waals surface area contributed by atoms with Gasteiger partial charge < -0.3 is 18.8 Å². The maximum Gasteiger partial charge on any atom is 0.410 e. The van der Waals surface area contributed by atoms with Gasteiger partial charge in [0.25, 0.3) is 0 Å². The number of carbonyl (C=O) groups excluding carboxylic acids is 1. The average Bonchev–Trinajstić information content (AvgIpc) is 3.07. The van der Waals surface area contributed by atoms with E-state index in [1.807, 2.05) is 37.8 Å². The lowest BCUT2D eigenvalue weighted by Crippen LogP contribution is -2.47. The number of piperidine rings is 1. The fourth-order valence-electron chi connectivity index (χ4n) is 3.36. The Balaban J connectivity index is 1.59. The zero-order valence-corrected chi connectivity index (χ0v) is 18.6. The fourth-order valence-corrected chi connectivity index (χ4v) is 3.82. The third-order valence-electron chi connectivity index (χ3n) is 4.67. The third kappa shape index (κ3) is 6.31. The van der Waals surface area contributed by atoms with E-state index in [0.29, 0.717) is 34.5 Å². The average molecular weight is 440 g/mol. The first-order valence-electron chi connectivity index (χ1n) is 9.86. The molecule has 158 valence electrons. The van der Waals surface area contributed by atoms with Gasteiger partial charge in [-0.15, -0.1) is 0 Å². The smallest absolute Gasteiger partial charge is 0.410 e. The number of nitrogens with zero attached hydrogens (tertiary/aromatic N) is 1. The Bertz CT molecular complexity index is 844. The normalized spacial score (nSPS) is 17.3. The van der Waals surface area contributed by atoms with E-state index in [0.717, 1.165) is 25.0 Å². The largest absolute Gasteiger partial charge is 0.484 e. The molecule has 1 aliphatic heterocycles. The molecular weight excluding hydrogens is 413 g/mol. The Kier molecular flexibility index (Phi) is 7.01. The molecule has 0 aliphatic carbocycles. The predicted molar refractivity (Wildman–Crippen MR) is 114 cm³/mol. The lowest BCUT2D eigenvalue weighted by Gasteiger charge is -2.36. The molecule has 3 rings (SSSR count). The lowest BCUT2D eigenvalue weighted by atomic mass is 9.99. The van der Waals surface area contributed by atoms with Gasteiger partial charge in [0.2, 0.25) is 0 Å². The summed E-state index contributed by atoms with van der Waals surface area (Å²) in [4.78, 5) is 14.4. The van der Waals surface area contributed by atoms with Crippen LogP contribution < -0.4 is 4.74 Å². The second-order valence-corrected chi connectivity index (χ2v) is 9.10. The summed E-state index contributed by atoms with van der Waals surface area (Å²) < 4.78 is 17.2. The Morgan fingerprint density at radius 1 is 1.17 bits per heavy atom. The molecule has 0 N–H and O–H groups in total. The summed E-state index contributed by atoms with van der Waals surface area (Å²) in [7, 11) is 0. The highest BCUT2D eigenvalue weighted by atomic mass is 35.5. The monoisotopic (exact) mass is 439 g/mol. The number of halogens is 2. The van der Waals surface area contributed by atoms with Crippen LogP contribution in [0.5, 0.6) is 5.75 Å². The van der Waals surface area contributed by atoms with E-state index in [4.69, 9.17) is 37.1 Å². The standard InChI is InChI=1S/C22H27Cl2NO4/c1-22(2,3)29-21(26)25-11-5-4-6-16(25)13-17-8-9-18(28-17)14-27-20-10-7-15(23)12-19(20)24/h7-10,12,16H,4-6,11,13-14H2,1-3H3. The molecule has 5 nitrogen and oxygen atoms in total. The van der Waals surface area contributed by atoms with Crippen molar-refractivity contribution < 1.29 is 18.7 Å². The molecule has 1 atom stereocenters. The van der Waals surface area contributed by atoms with Crippen molar-refractivity contribution in [1.82, 2.24) is 4.90 Å². The molecule has 1 aromatic carbocycles.